The molecule has 6 heteroatoms. The second-order valence-electron chi connectivity index (χ2n) is 8.79. The zero-order chi connectivity index (χ0) is 19.9. The molecule has 2 atom stereocenters. The molecule has 4 rings (SSSR count). The molecule has 3 aromatic rings. The van der Waals surface area contributed by atoms with E-state index >= 15 is 0 Å². The normalized spacial score (nSPS) is 21.5. The third-order valence-corrected chi connectivity index (χ3v) is 5.66. The Morgan fingerprint density at radius 2 is 1.86 bits per heavy atom. The molecule has 0 saturated heterocycles. The van der Waals surface area contributed by atoms with Crippen molar-refractivity contribution in [3.8, 4) is 0 Å². The van der Waals surface area contributed by atoms with Crippen molar-refractivity contribution < 1.29 is 4.92 Å². The second-order valence-corrected chi connectivity index (χ2v) is 8.79. The number of nitrogens with one attached hydrogen (secondary N) is 1. The Labute approximate surface area is 164 Å². The number of non-ortho nitro benzene ring substituents is 1. The van der Waals surface area contributed by atoms with Crippen LogP contribution >= 0.6 is 0 Å². The van der Waals surface area contributed by atoms with E-state index in [0.29, 0.717) is 17.4 Å². The first-order valence-corrected chi connectivity index (χ1v) is 9.81. The number of hydrogen-bond donors (Lipinski definition) is 1. The lowest BCUT2D eigenvalue weighted by molar-refractivity contribution is -0.384. The quantitative estimate of drug-likeness (QED) is 0.441. The van der Waals surface area contributed by atoms with Gasteiger partial charge in [0, 0.05) is 23.9 Å². The third-order valence-electron chi connectivity index (χ3n) is 5.66. The number of nitrogens with zero attached hydrogens (tertiary/aromatic N) is 3. The Kier molecular flexibility index (Phi) is 4.57. The van der Waals surface area contributed by atoms with Crippen molar-refractivity contribution in [1.82, 2.24) is 9.55 Å². The number of anilines is 2. The van der Waals surface area contributed by atoms with Crippen LogP contribution in [0.5, 0.6) is 0 Å². The molecule has 0 aliphatic heterocycles. The van der Waals surface area contributed by atoms with E-state index in [0.717, 1.165) is 35.5 Å². The van der Waals surface area contributed by atoms with E-state index in [4.69, 9.17) is 4.98 Å². The maximum atomic E-state index is 10.9. The number of imidazole rings is 1. The first-order valence-electron chi connectivity index (χ1n) is 9.81. The fraction of sp³-hybridized carbons (Fsp3) is 0.409. The Balaban J connectivity index is 1.74. The highest BCUT2D eigenvalue weighted by molar-refractivity contribution is 5.80. The summed E-state index contributed by atoms with van der Waals surface area (Å²) in [6.07, 6.45) is 3.46. The minimum atomic E-state index is -0.384. The highest BCUT2D eigenvalue weighted by atomic mass is 16.6. The van der Waals surface area contributed by atoms with Crippen LogP contribution in [0.15, 0.2) is 48.5 Å². The maximum absolute atomic E-state index is 10.9. The number of benzene rings is 2. The molecule has 0 bridgehead atoms. The van der Waals surface area contributed by atoms with Gasteiger partial charge >= 0.3 is 0 Å². The molecule has 0 amide bonds. The van der Waals surface area contributed by atoms with Crippen molar-refractivity contribution in [2.24, 2.45) is 11.3 Å². The second kappa shape index (κ2) is 6.93. The summed E-state index contributed by atoms with van der Waals surface area (Å²) in [7, 11) is 0. The number of para-hydroxylation sites is 2. The van der Waals surface area contributed by atoms with Crippen molar-refractivity contribution in [3.05, 3.63) is 58.6 Å². The molecule has 1 aromatic heterocycles. The minimum absolute atomic E-state index is 0.0851. The molecule has 2 aromatic carbocycles. The summed E-state index contributed by atoms with van der Waals surface area (Å²) in [6.45, 7) is 7.02. The van der Waals surface area contributed by atoms with Crippen LogP contribution in [0.25, 0.3) is 11.0 Å². The average molecular weight is 378 g/mol. The summed E-state index contributed by atoms with van der Waals surface area (Å²) in [5, 5.41) is 14.3. The smallest absolute Gasteiger partial charge is 0.269 e. The first-order chi connectivity index (χ1) is 13.3. The SMILES string of the molecule is C[C@@H]1C[C@H](n2c(Nc3ccc([N+](=O)[O-])cc3)nc3ccccc32)CC(C)(C)C1. The number of nitro groups is 1. The number of aromatic nitrogens is 2. The highest BCUT2D eigenvalue weighted by Crippen LogP contribution is 2.46. The summed E-state index contributed by atoms with van der Waals surface area (Å²) in [5.41, 5.74) is 3.26. The number of nitro benzene ring substituents is 1. The molecule has 1 saturated carbocycles. The summed E-state index contributed by atoms with van der Waals surface area (Å²) in [5.74, 6) is 1.45. The molecule has 1 fully saturated rings. The molecule has 1 aliphatic rings. The van der Waals surface area contributed by atoms with Gasteiger partial charge in [0.05, 0.1) is 16.0 Å². The number of hydrogen-bond acceptors (Lipinski definition) is 4. The Morgan fingerprint density at radius 1 is 1.14 bits per heavy atom. The monoisotopic (exact) mass is 378 g/mol. The lowest BCUT2D eigenvalue weighted by Crippen LogP contribution is -2.29. The van der Waals surface area contributed by atoms with Gasteiger partial charge in [-0.25, -0.2) is 4.98 Å². The summed E-state index contributed by atoms with van der Waals surface area (Å²) in [6, 6.07) is 15.1. The van der Waals surface area contributed by atoms with Crippen LogP contribution in [-0.2, 0) is 0 Å². The highest BCUT2D eigenvalue weighted by Gasteiger charge is 2.34. The molecule has 1 aliphatic carbocycles. The van der Waals surface area contributed by atoms with Crippen molar-refractivity contribution >= 4 is 28.4 Å². The van der Waals surface area contributed by atoms with Gasteiger partial charge in [-0.3, -0.25) is 10.1 Å². The van der Waals surface area contributed by atoms with E-state index in [9.17, 15) is 10.1 Å². The van der Waals surface area contributed by atoms with E-state index in [-0.39, 0.29) is 10.6 Å². The van der Waals surface area contributed by atoms with Gasteiger partial charge in [-0.05, 0) is 54.9 Å². The van der Waals surface area contributed by atoms with Gasteiger partial charge in [0.2, 0.25) is 5.95 Å². The van der Waals surface area contributed by atoms with Crippen molar-refractivity contribution in [1.29, 1.82) is 0 Å². The minimum Gasteiger partial charge on any atom is -0.326 e. The average Bonchev–Trinajstić information content (AvgIpc) is 2.98. The van der Waals surface area contributed by atoms with Crippen LogP contribution in [0.2, 0.25) is 0 Å². The molecule has 1 heterocycles. The predicted octanol–water partition coefficient (Wildman–Crippen LogP) is 6.08. The summed E-state index contributed by atoms with van der Waals surface area (Å²) >= 11 is 0. The predicted molar refractivity (Wildman–Crippen MR) is 112 cm³/mol. The van der Waals surface area contributed by atoms with Gasteiger partial charge in [0.1, 0.15) is 0 Å². The lowest BCUT2D eigenvalue weighted by atomic mass is 9.70. The van der Waals surface area contributed by atoms with Gasteiger partial charge in [0.25, 0.3) is 5.69 Å². The van der Waals surface area contributed by atoms with Crippen molar-refractivity contribution in [2.45, 2.75) is 46.1 Å². The first kappa shape index (κ1) is 18.5. The lowest BCUT2D eigenvalue weighted by Gasteiger charge is -2.40. The Hall–Kier alpha value is -2.89. The van der Waals surface area contributed by atoms with Crippen LogP contribution in [0, 0.1) is 21.4 Å². The largest absolute Gasteiger partial charge is 0.326 e. The molecule has 0 radical (unpaired) electrons. The maximum Gasteiger partial charge on any atom is 0.269 e. The van der Waals surface area contributed by atoms with Gasteiger partial charge in [-0.2, -0.15) is 0 Å². The fourth-order valence-electron chi connectivity index (χ4n) is 4.79. The third kappa shape index (κ3) is 3.59. The van der Waals surface area contributed by atoms with Crippen LogP contribution < -0.4 is 5.32 Å². The molecule has 0 unspecified atom stereocenters. The molecular formula is C22H26N4O2. The Morgan fingerprint density at radius 3 is 2.54 bits per heavy atom. The zero-order valence-electron chi connectivity index (χ0n) is 16.6. The van der Waals surface area contributed by atoms with Crippen LogP contribution in [-0.4, -0.2) is 14.5 Å². The standard InChI is InChI=1S/C22H26N4O2/c1-15-12-18(14-22(2,3)13-15)25-20-7-5-4-6-19(20)24-21(25)23-16-8-10-17(11-9-16)26(27)28/h4-11,15,18H,12-14H2,1-3H3,(H,23,24)/t15-,18+/m1/s1. The Bertz CT molecular complexity index is 1010. The number of fused-ring (bicyclic) bond motifs is 1. The van der Waals surface area contributed by atoms with Crippen LogP contribution in [0.4, 0.5) is 17.3 Å². The van der Waals surface area contributed by atoms with Crippen LogP contribution in [0.3, 0.4) is 0 Å². The van der Waals surface area contributed by atoms with Gasteiger partial charge in [-0.15, -0.1) is 0 Å². The van der Waals surface area contributed by atoms with Gasteiger partial charge < -0.3 is 9.88 Å². The molecule has 146 valence electrons. The van der Waals surface area contributed by atoms with Crippen molar-refractivity contribution in [3.63, 3.8) is 0 Å². The molecule has 1 N–H and O–H groups in total. The summed E-state index contributed by atoms with van der Waals surface area (Å²) in [4.78, 5) is 15.4. The van der Waals surface area contributed by atoms with E-state index in [1.54, 1.807) is 12.1 Å². The molecule has 0 spiro atoms. The topological polar surface area (TPSA) is 73.0 Å². The summed E-state index contributed by atoms with van der Waals surface area (Å²) < 4.78 is 2.33. The van der Waals surface area contributed by atoms with E-state index in [1.165, 1.54) is 18.6 Å². The fourth-order valence-corrected chi connectivity index (χ4v) is 4.79. The molecule has 28 heavy (non-hydrogen) atoms. The number of rotatable bonds is 4. The van der Waals surface area contributed by atoms with E-state index in [1.807, 2.05) is 18.2 Å². The van der Waals surface area contributed by atoms with Crippen LogP contribution in [0.1, 0.15) is 46.1 Å². The van der Waals surface area contributed by atoms with Crippen molar-refractivity contribution in [2.75, 3.05) is 5.32 Å². The van der Waals surface area contributed by atoms with Gasteiger partial charge in [-0.1, -0.05) is 32.9 Å². The zero-order valence-corrected chi connectivity index (χ0v) is 16.6. The van der Waals surface area contributed by atoms with E-state index < -0.39 is 0 Å². The molecular weight excluding hydrogens is 352 g/mol. The molecule has 6 nitrogen and oxygen atoms in total. The van der Waals surface area contributed by atoms with E-state index in [2.05, 4.69) is 36.7 Å². The van der Waals surface area contributed by atoms with Gasteiger partial charge in [0.15, 0.2) is 0 Å².